The summed E-state index contributed by atoms with van der Waals surface area (Å²) in [7, 11) is -2.24. The SMILES string of the molecule is COc1ccc(CNc2[c]ccc(OS(=O)(=O)c3ccccc3)c2)cc1. The van der Waals surface area contributed by atoms with Gasteiger partial charge in [-0.2, -0.15) is 8.42 Å². The van der Waals surface area contributed by atoms with Crippen LogP contribution in [0.15, 0.2) is 77.7 Å². The quantitative estimate of drug-likeness (QED) is 0.641. The van der Waals surface area contributed by atoms with Crippen molar-refractivity contribution in [3.05, 3.63) is 84.4 Å². The molecule has 6 heteroatoms. The molecule has 1 N–H and O–H groups in total. The van der Waals surface area contributed by atoms with Crippen molar-refractivity contribution in [1.82, 2.24) is 0 Å². The molecule has 0 spiro atoms. The van der Waals surface area contributed by atoms with E-state index in [0.717, 1.165) is 11.3 Å². The van der Waals surface area contributed by atoms with Crippen LogP contribution in [0.5, 0.6) is 11.5 Å². The van der Waals surface area contributed by atoms with Gasteiger partial charge < -0.3 is 14.2 Å². The molecule has 0 atom stereocenters. The lowest BCUT2D eigenvalue weighted by atomic mass is 10.2. The number of benzene rings is 3. The van der Waals surface area contributed by atoms with Crippen molar-refractivity contribution in [2.75, 3.05) is 12.4 Å². The van der Waals surface area contributed by atoms with Crippen molar-refractivity contribution in [3.63, 3.8) is 0 Å². The summed E-state index contributed by atoms with van der Waals surface area (Å²) < 4.78 is 34.9. The van der Waals surface area contributed by atoms with Crippen molar-refractivity contribution < 1.29 is 17.3 Å². The highest BCUT2D eigenvalue weighted by molar-refractivity contribution is 7.87. The van der Waals surface area contributed by atoms with Crippen LogP contribution >= 0.6 is 0 Å². The van der Waals surface area contributed by atoms with E-state index < -0.39 is 10.1 Å². The lowest BCUT2D eigenvalue weighted by molar-refractivity contribution is 0.414. The normalized spacial score (nSPS) is 11.0. The highest BCUT2D eigenvalue weighted by atomic mass is 32.2. The fourth-order valence-electron chi connectivity index (χ4n) is 2.30. The van der Waals surface area contributed by atoms with Crippen LogP contribution in [-0.2, 0) is 16.7 Å². The number of rotatable bonds is 7. The number of nitrogens with one attached hydrogen (secondary N) is 1. The third kappa shape index (κ3) is 4.55. The molecule has 0 aliphatic rings. The number of anilines is 1. The van der Waals surface area contributed by atoms with Crippen molar-refractivity contribution in [3.8, 4) is 11.5 Å². The van der Waals surface area contributed by atoms with Crippen molar-refractivity contribution in [1.29, 1.82) is 0 Å². The summed E-state index contributed by atoms with van der Waals surface area (Å²) in [6, 6.07) is 23.5. The molecule has 0 saturated heterocycles. The van der Waals surface area contributed by atoms with Gasteiger partial charge in [-0.15, -0.1) is 0 Å². The smallest absolute Gasteiger partial charge is 0.339 e. The summed E-state index contributed by atoms with van der Waals surface area (Å²) in [6.07, 6.45) is 0. The molecule has 0 fully saturated rings. The highest BCUT2D eigenvalue weighted by Gasteiger charge is 2.16. The van der Waals surface area contributed by atoms with E-state index >= 15 is 0 Å². The molecule has 0 heterocycles. The maximum Gasteiger partial charge on any atom is 0.339 e. The molecule has 1 radical (unpaired) electrons. The monoisotopic (exact) mass is 368 g/mol. The predicted octanol–water partition coefficient (Wildman–Crippen LogP) is 3.88. The average molecular weight is 368 g/mol. The van der Waals surface area contributed by atoms with E-state index in [0.29, 0.717) is 12.2 Å². The number of ether oxygens (including phenoxy) is 1. The van der Waals surface area contributed by atoms with Crippen LogP contribution in [0.25, 0.3) is 0 Å². The van der Waals surface area contributed by atoms with Gasteiger partial charge in [0.2, 0.25) is 0 Å². The molecule has 0 amide bonds. The van der Waals surface area contributed by atoms with Gasteiger partial charge in [0, 0.05) is 24.4 Å². The Morgan fingerprint density at radius 3 is 2.38 bits per heavy atom. The lowest BCUT2D eigenvalue weighted by Crippen LogP contribution is -2.09. The molecule has 0 aliphatic carbocycles. The van der Waals surface area contributed by atoms with Crippen LogP contribution in [0, 0.1) is 6.07 Å². The first-order chi connectivity index (χ1) is 12.6. The molecule has 0 bridgehead atoms. The van der Waals surface area contributed by atoms with Crippen LogP contribution in [-0.4, -0.2) is 15.5 Å². The highest BCUT2D eigenvalue weighted by Crippen LogP contribution is 2.22. The van der Waals surface area contributed by atoms with Gasteiger partial charge in [0.1, 0.15) is 16.4 Å². The first kappa shape index (κ1) is 17.8. The molecule has 26 heavy (non-hydrogen) atoms. The molecule has 0 unspecified atom stereocenters. The van der Waals surface area contributed by atoms with Crippen LogP contribution < -0.4 is 14.2 Å². The number of hydrogen-bond acceptors (Lipinski definition) is 5. The molecule has 0 aromatic heterocycles. The minimum atomic E-state index is -3.86. The zero-order chi connectivity index (χ0) is 18.4. The predicted molar refractivity (Wildman–Crippen MR) is 99.9 cm³/mol. The molecule has 3 aromatic carbocycles. The van der Waals surface area contributed by atoms with Crippen LogP contribution in [0.1, 0.15) is 5.56 Å². The summed E-state index contributed by atoms with van der Waals surface area (Å²) in [6.45, 7) is 0.565. The van der Waals surface area contributed by atoms with Gasteiger partial charge >= 0.3 is 10.1 Å². The van der Waals surface area contributed by atoms with Crippen molar-refractivity contribution in [2.24, 2.45) is 0 Å². The van der Waals surface area contributed by atoms with Gasteiger partial charge in [-0.05, 0) is 42.0 Å². The molecule has 0 aliphatic heterocycles. The Morgan fingerprint density at radius 2 is 1.69 bits per heavy atom. The van der Waals surface area contributed by atoms with E-state index in [4.69, 9.17) is 8.92 Å². The lowest BCUT2D eigenvalue weighted by Gasteiger charge is -2.10. The van der Waals surface area contributed by atoms with E-state index in [9.17, 15) is 8.42 Å². The Morgan fingerprint density at radius 1 is 0.962 bits per heavy atom. The van der Waals surface area contributed by atoms with Gasteiger partial charge in [-0.3, -0.25) is 0 Å². The number of hydrogen-bond donors (Lipinski definition) is 1. The molecular formula is C20H18NO4S. The summed E-state index contributed by atoms with van der Waals surface area (Å²) in [4.78, 5) is 0.112. The fraction of sp³-hybridized carbons (Fsp3) is 0.100. The molecule has 3 aromatic rings. The van der Waals surface area contributed by atoms with E-state index in [-0.39, 0.29) is 10.6 Å². The van der Waals surface area contributed by atoms with E-state index in [1.807, 2.05) is 24.3 Å². The first-order valence-electron chi connectivity index (χ1n) is 7.95. The minimum Gasteiger partial charge on any atom is -0.497 e. The molecule has 5 nitrogen and oxygen atoms in total. The molecule has 3 rings (SSSR count). The van der Waals surface area contributed by atoms with Crippen LogP contribution in [0.3, 0.4) is 0 Å². The molecule has 0 saturated carbocycles. The summed E-state index contributed by atoms with van der Waals surface area (Å²) >= 11 is 0. The van der Waals surface area contributed by atoms with Gasteiger partial charge in [0.15, 0.2) is 0 Å². The summed E-state index contributed by atoms with van der Waals surface area (Å²) in [5, 5.41) is 3.19. The number of methoxy groups -OCH3 is 1. The van der Waals surface area contributed by atoms with Crippen molar-refractivity contribution >= 4 is 15.8 Å². The Kier molecular flexibility index (Phi) is 5.43. The van der Waals surface area contributed by atoms with Gasteiger partial charge in [-0.25, -0.2) is 0 Å². The maximum atomic E-state index is 12.3. The fourth-order valence-corrected chi connectivity index (χ4v) is 3.25. The third-order valence-corrected chi connectivity index (χ3v) is 4.91. The van der Waals surface area contributed by atoms with E-state index in [2.05, 4.69) is 11.4 Å². The van der Waals surface area contributed by atoms with E-state index in [1.165, 1.54) is 12.1 Å². The largest absolute Gasteiger partial charge is 0.497 e. The second kappa shape index (κ2) is 7.93. The van der Waals surface area contributed by atoms with Crippen molar-refractivity contribution in [2.45, 2.75) is 11.4 Å². The Bertz CT molecular complexity index is 955. The van der Waals surface area contributed by atoms with Gasteiger partial charge in [-0.1, -0.05) is 30.3 Å². The second-order valence-electron chi connectivity index (χ2n) is 5.49. The average Bonchev–Trinajstić information content (AvgIpc) is 2.67. The van der Waals surface area contributed by atoms with Gasteiger partial charge in [0.05, 0.1) is 7.11 Å². The Hall–Kier alpha value is -2.99. The summed E-state index contributed by atoms with van der Waals surface area (Å²) in [5.41, 5.74) is 1.70. The summed E-state index contributed by atoms with van der Waals surface area (Å²) in [5.74, 6) is 1.02. The first-order valence-corrected chi connectivity index (χ1v) is 9.36. The molecular weight excluding hydrogens is 350 g/mol. The minimum absolute atomic E-state index is 0.112. The third-order valence-electron chi connectivity index (χ3n) is 3.65. The van der Waals surface area contributed by atoms with Gasteiger partial charge in [0.25, 0.3) is 0 Å². The second-order valence-corrected chi connectivity index (χ2v) is 7.04. The Labute approximate surface area is 153 Å². The zero-order valence-electron chi connectivity index (χ0n) is 14.2. The van der Waals surface area contributed by atoms with Crippen LogP contribution in [0.2, 0.25) is 0 Å². The topological polar surface area (TPSA) is 64.6 Å². The standard InChI is InChI=1S/C20H18NO4S/c1-24-18-12-10-16(11-13-18)15-21-17-6-5-7-19(14-17)25-26(22,23)20-8-3-2-4-9-20/h2-5,7-14,21H,15H2,1H3. The van der Waals surface area contributed by atoms with E-state index in [1.54, 1.807) is 43.5 Å². The molecule has 133 valence electrons. The maximum absolute atomic E-state index is 12.3. The Balaban J connectivity index is 1.68. The van der Waals surface area contributed by atoms with Crippen LogP contribution in [0.4, 0.5) is 5.69 Å². The zero-order valence-corrected chi connectivity index (χ0v) is 15.0.